The Morgan fingerprint density at radius 1 is 1.14 bits per heavy atom. The Labute approximate surface area is 127 Å². The third-order valence-corrected chi connectivity index (χ3v) is 4.18. The molecule has 1 saturated heterocycles. The molecule has 8 heteroatoms. The lowest BCUT2D eigenvalue weighted by atomic mass is 10.3. The number of rotatable bonds is 3. The lowest BCUT2D eigenvalue weighted by Crippen LogP contribution is -2.46. The van der Waals surface area contributed by atoms with E-state index in [0.29, 0.717) is 0 Å². The maximum Gasteiger partial charge on any atom is 0.182 e. The lowest BCUT2D eigenvalue weighted by Gasteiger charge is -2.35. The van der Waals surface area contributed by atoms with E-state index in [1.54, 1.807) is 12.7 Å². The molecule has 0 bridgehead atoms. The molecule has 4 heterocycles. The van der Waals surface area contributed by atoms with Crippen molar-refractivity contribution < 1.29 is 0 Å². The Morgan fingerprint density at radius 2 is 2.00 bits per heavy atom. The molecule has 0 spiro atoms. The molecular formula is C14H18N8. The first-order valence-corrected chi connectivity index (χ1v) is 7.38. The number of fused-ring (bicyclic) bond motifs is 1. The summed E-state index contributed by atoms with van der Waals surface area (Å²) in [6, 6.07) is 0. The topological polar surface area (TPSA) is 78.8 Å². The molecule has 3 aromatic rings. The molecule has 0 saturated carbocycles. The molecule has 0 amide bonds. The molecule has 0 unspecified atom stereocenters. The Hall–Kier alpha value is -2.48. The molecule has 0 aliphatic carbocycles. The highest BCUT2D eigenvalue weighted by molar-refractivity contribution is 5.82. The highest BCUT2D eigenvalue weighted by atomic mass is 15.3. The molecule has 1 aliphatic rings. The zero-order valence-corrected chi connectivity index (χ0v) is 12.5. The summed E-state index contributed by atoms with van der Waals surface area (Å²) < 4.78 is 2.07. The summed E-state index contributed by atoms with van der Waals surface area (Å²) in [5.74, 6) is 0.947. The van der Waals surface area contributed by atoms with E-state index in [9.17, 15) is 0 Å². The summed E-state index contributed by atoms with van der Waals surface area (Å²) in [4.78, 5) is 24.8. The Morgan fingerprint density at radius 3 is 2.77 bits per heavy atom. The first-order valence-electron chi connectivity index (χ1n) is 7.38. The summed E-state index contributed by atoms with van der Waals surface area (Å²) in [7, 11) is 2.04. The molecule has 3 aromatic heterocycles. The number of hydrogen-bond donors (Lipinski definition) is 1. The van der Waals surface area contributed by atoms with Gasteiger partial charge < -0.3 is 14.5 Å². The second-order valence-corrected chi connectivity index (χ2v) is 5.56. The van der Waals surface area contributed by atoms with Gasteiger partial charge in [0, 0.05) is 46.0 Å². The fourth-order valence-electron chi connectivity index (χ4n) is 2.88. The Kier molecular flexibility index (Phi) is 3.23. The van der Waals surface area contributed by atoms with Gasteiger partial charge in [-0.1, -0.05) is 0 Å². The van der Waals surface area contributed by atoms with Crippen LogP contribution in [0.2, 0.25) is 0 Å². The number of imidazole rings is 2. The monoisotopic (exact) mass is 298 g/mol. The number of nitrogens with one attached hydrogen (secondary N) is 1. The van der Waals surface area contributed by atoms with Gasteiger partial charge in [-0.25, -0.2) is 19.9 Å². The van der Waals surface area contributed by atoms with Gasteiger partial charge >= 0.3 is 0 Å². The first kappa shape index (κ1) is 13.2. The van der Waals surface area contributed by atoms with Crippen molar-refractivity contribution in [2.75, 3.05) is 31.1 Å². The molecule has 0 atom stereocenters. The van der Waals surface area contributed by atoms with Crippen LogP contribution in [0.5, 0.6) is 0 Å². The number of H-pyrrole nitrogens is 1. The number of aromatic amines is 1. The van der Waals surface area contributed by atoms with Crippen molar-refractivity contribution in [2.45, 2.75) is 6.54 Å². The quantitative estimate of drug-likeness (QED) is 0.754. The predicted molar refractivity (Wildman–Crippen MR) is 82.4 cm³/mol. The smallest absolute Gasteiger partial charge is 0.182 e. The van der Waals surface area contributed by atoms with Crippen LogP contribution in [0.25, 0.3) is 11.2 Å². The van der Waals surface area contributed by atoms with Crippen molar-refractivity contribution in [1.29, 1.82) is 0 Å². The summed E-state index contributed by atoms with van der Waals surface area (Å²) in [5, 5.41) is 0. The Balaban J connectivity index is 1.46. The van der Waals surface area contributed by atoms with Crippen molar-refractivity contribution >= 4 is 17.0 Å². The largest absolute Gasteiger partial charge is 0.352 e. The standard InChI is InChI=1S/C14H18N8/c1-20-10-15-6-11(20)7-21-2-4-22(5-3-21)14-12-13(17-8-16-12)18-9-19-14/h6,8-10H,2-5,7H2,1H3,(H,16,17,18,19). The van der Waals surface area contributed by atoms with E-state index in [0.717, 1.165) is 49.7 Å². The van der Waals surface area contributed by atoms with Crippen LogP contribution in [0.4, 0.5) is 5.82 Å². The van der Waals surface area contributed by atoms with E-state index in [1.165, 1.54) is 5.69 Å². The van der Waals surface area contributed by atoms with Gasteiger partial charge in [0.1, 0.15) is 11.8 Å². The van der Waals surface area contributed by atoms with E-state index in [-0.39, 0.29) is 0 Å². The summed E-state index contributed by atoms with van der Waals surface area (Å²) >= 11 is 0. The molecule has 0 aromatic carbocycles. The van der Waals surface area contributed by atoms with Gasteiger partial charge in [0.05, 0.1) is 18.3 Å². The summed E-state index contributed by atoms with van der Waals surface area (Å²) in [6.45, 7) is 4.84. The van der Waals surface area contributed by atoms with Crippen molar-refractivity contribution in [3.8, 4) is 0 Å². The van der Waals surface area contributed by atoms with Crippen LogP contribution in [-0.2, 0) is 13.6 Å². The second-order valence-electron chi connectivity index (χ2n) is 5.56. The van der Waals surface area contributed by atoms with Crippen molar-refractivity contribution in [3.05, 3.63) is 30.9 Å². The first-order chi connectivity index (χ1) is 10.8. The molecule has 0 radical (unpaired) electrons. The summed E-state index contributed by atoms with van der Waals surface area (Å²) in [5.41, 5.74) is 2.89. The van der Waals surface area contributed by atoms with Crippen molar-refractivity contribution in [1.82, 2.24) is 34.4 Å². The van der Waals surface area contributed by atoms with Crippen molar-refractivity contribution in [2.24, 2.45) is 7.05 Å². The van der Waals surface area contributed by atoms with E-state index >= 15 is 0 Å². The van der Waals surface area contributed by atoms with E-state index < -0.39 is 0 Å². The minimum absolute atomic E-state index is 0.724. The normalized spacial score (nSPS) is 16.5. The van der Waals surface area contributed by atoms with Gasteiger partial charge in [0.25, 0.3) is 0 Å². The van der Waals surface area contributed by atoms with Crippen LogP contribution in [-0.4, -0.2) is 60.6 Å². The van der Waals surface area contributed by atoms with Gasteiger partial charge in [0.2, 0.25) is 0 Å². The van der Waals surface area contributed by atoms with Crippen LogP contribution >= 0.6 is 0 Å². The Bertz CT molecular complexity index is 768. The van der Waals surface area contributed by atoms with Gasteiger partial charge in [-0.3, -0.25) is 4.90 Å². The molecule has 1 N–H and O–H groups in total. The van der Waals surface area contributed by atoms with Crippen LogP contribution in [0, 0.1) is 0 Å². The number of piperazine rings is 1. The lowest BCUT2D eigenvalue weighted by molar-refractivity contribution is 0.244. The zero-order valence-electron chi connectivity index (χ0n) is 12.5. The molecule has 22 heavy (non-hydrogen) atoms. The summed E-state index contributed by atoms with van der Waals surface area (Å²) in [6.07, 6.45) is 7.04. The van der Waals surface area contributed by atoms with E-state index in [1.807, 2.05) is 19.6 Å². The minimum Gasteiger partial charge on any atom is -0.352 e. The van der Waals surface area contributed by atoms with Crippen LogP contribution in [0.15, 0.2) is 25.2 Å². The number of aromatic nitrogens is 6. The molecule has 1 fully saturated rings. The predicted octanol–water partition coefficient (Wildman–Crippen LogP) is 0.409. The fraction of sp³-hybridized carbons (Fsp3) is 0.429. The average molecular weight is 298 g/mol. The SMILES string of the molecule is Cn1cncc1CN1CCN(c2ncnc3nc[nH]c23)CC1. The van der Waals surface area contributed by atoms with Crippen LogP contribution in [0.1, 0.15) is 5.69 Å². The molecule has 8 nitrogen and oxygen atoms in total. The third-order valence-electron chi connectivity index (χ3n) is 4.18. The second kappa shape index (κ2) is 5.38. The number of hydrogen-bond acceptors (Lipinski definition) is 6. The van der Waals surface area contributed by atoms with E-state index in [4.69, 9.17) is 0 Å². The van der Waals surface area contributed by atoms with Gasteiger partial charge in [-0.2, -0.15) is 0 Å². The average Bonchev–Trinajstić information content (AvgIpc) is 3.17. The van der Waals surface area contributed by atoms with Crippen LogP contribution < -0.4 is 4.90 Å². The highest BCUT2D eigenvalue weighted by Crippen LogP contribution is 2.21. The zero-order chi connectivity index (χ0) is 14.9. The maximum absolute atomic E-state index is 4.43. The number of anilines is 1. The molecular weight excluding hydrogens is 280 g/mol. The van der Waals surface area contributed by atoms with Gasteiger partial charge in [-0.15, -0.1) is 0 Å². The van der Waals surface area contributed by atoms with Gasteiger partial charge in [-0.05, 0) is 0 Å². The van der Waals surface area contributed by atoms with Crippen molar-refractivity contribution in [3.63, 3.8) is 0 Å². The maximum atomic E-state index is 4.43. The number of aryl methyl sites for hydroxylation is 1. The minimum atomic E-state index is 0.724. The third kappa shape index (κ3) is 2.31. The molecule has 4 rings (SSSR count). The van der Waals surface area contributed by atoms with E-state index in [2.05, 4.69) is 39.3 Å². The highest BCUT2D eigenvalue weighted by Gasteiger charge is 2.21. The molecule has 114 valence electrons. The molecule has 1 aliphatic heterocycles. The number of nitrogens with zero attached hydrogens (tertiary/aromatic N) is 7. The van der Waals surface area contributed by atoms with Gasteiger partial charge in [0.15, 0.2) is 11.5 Å². The van der Waals surface area contributed by atoms with Crippen LogP contribution in [0.3, 0.4) is 0 Å². The fourth-order valence-corrected chi connectivity index (χ4v) is 2.88.